The molecule has 0 aromatic carbocycles. The molecule has 3 rings (SSSR count). The summed E-state index contributed by atoms with van der Waals surface area (Å²) >= 11 is 0. The van der Waals surface area contributed by atoms with Crippen molar-refractivity contribution in [3.05, 3.63) is 23.9 Å². The third-order valence-electron chi connectivity index (χ3n) is 4.97. The number of piperidine rings is 1. The van der Waals surface area contributed by atoms with Crippen molar-refractivity contribution in [3.63, 3.8) is 0 Å². The van der Waals surface area contributed by atoms with Gasteiger partial charge in [0.2, 0.25) is 0 Å². The molecule has 1 aromatic heterocycles. The first-order chi connectivity index (χ1) is 12.8. The van der Waals surface area contributed by atoms with Crippen LogP contribution >= 0.6 is 24.0 Å². The summed E-state index contributed by atoms with van der Waals surface area (Å²) in [5.74, 6) is 2.01. The second-order valence-corrected chi connectivity index (χ2v) is 6.63. The number of pyridine rings is 1. The highest BCUT2D eigenvalue weighted by Gasteiger charge is 2.22. The number of nitrogens with one attached hydrogen (secondary N) is 1. The first-order valence-electron chi connectivity index (χ1n) is 9.65. The van der Waals surface area contributed by atoms with E-state index in [-0.39, 0.29) is 24.0 Å². The first-order valence-corrected chi connectivity index (χ1v) is 9.65. The largest absolute Gasteiger partial charge is 0.378 e. The van der Waals surface area contributed by atoms with E-state index in [1.165, 1.54) is 5.56 Å². The number of anilines is 1. The van der Waals surface area contributed by atoms with E-state index < -0.39 is 0 Å². The quantitative estimate of drug-likeness (QED) is 0.389. The van der Waals surface area contributed by atoms with Crippen LogP contribution in [0.3, 0.4) is 0 Å². The molecule has 0 radical (unpaired) electrons. The Balaban J connectivity index is 0.00000261. The van der Waals surface area contributed by atoms with Gasteiger partial charge in [0, 0.05) is 58.1 Å². The van der Waals surface area contributed by atoms with Crippen LogP contribution in [-0.2, 0) is 16.0 Å². The number of morpholine rings is 1. The smallest absolute Gasteiger partial charge is 0.193 e. The second kappa shape index (κ2) is 11.7. The molecule has 2 fully saturated rings. The molecule has 7 nitrogen and oxygen atoms in total. The Morgan fingerprint density at radius 2 is 2.04 bits per heavy atom. The van der Waals surface area contributed by atoms with Gasteiger partial charge in [-0.15, -0.1) is 24.0 Å². The van der Waals surface area contributed by atoms with E-state index in [0.29, 0.717) is 6.10 Å². The van der Waals surface area contributed by atoms with Crippen molar-refractivity contribution >= 4 is 35.8 Å². The number of guanidine groups is 1. The van der Waals surface area contributed by atoms with Gasteiger partial charge in [-0.2, -0.15) is 0 Å². The summed E-state index contributed by atoms with van der Waals surface area (Å²) in [7, 11) is 1.85. The Labute approximate surface area is 179 Å². The third-order valence-corrected chi connectivity index (χ3v) is 4.97. The number of aliphatic imine (C=N–C) groups is 1. The molecule has 0 saturated carbocycles. The number of likely N-dealkylation sites (tertiary alicyclic amines) is 1. The molecule has 8 heteroatoms. The Kier molecular flexibility index (Phi) is 9.57. The summed E-state index contributed by atoms with van der Waals surface area (Å²) < 4.78 is 11.2. The number of halogens is 1. The summed E-state index contributed by atoms with van der Waals surface area (Å²) in [6.45, 7) is 8.85. The third kappa shape index (κ3) is 6.18. The van der Waals surface area contributed by atoms with E-state index in [2.05, 4.69) is 38.1 Å². The number of rotatable bonds is 5. The van der Waals surface area contributed by atoms with Crippen molar-refractivity contribution in [1.29, 1.82) is 0 Å². The van der Waals surface area contributed by atoms with E-state index >= 15 is 0 Å². The zero-order valence-corrected chi connectivity index (χ0v) is 18.7. The standard InChI is InChI=1S/C19H31N5O2.HI/c1-3-26-17-6-9-24(10-7-17)19(20-2)22-15-16-5-4-8-21-18(16)23-11-13-25-14-12-23;/h4-5,8,17H,3,6-7,9-15H2,1-2H3,(H,20,22);1H. The van der Waals surface area contributed by atoms with Crippen molar-refractivity contribution in [3.8, 4) is 0 Å². The predicted octanol–water partition coefficient (Wildman–Crippen LogP) is 2.11. The van der Waals surface area contributed by atoms with Crippen LogP contribution in [0.25, 0.3) is 0 Å². The fourth-order valence-corrected chi connectivity index (χ4v) is 3.60. The molecule has 0 bridgehead atoms. The van der Waals surface area contributed by atoms with Gasteiger partial charge in [0.1, 0.15) is 5.82 Å². The summed E-state index contributed by atoms with van der Waals surface area (Å²) in [5.41, 5.74) is 1.19. The van der Waals surface area contributed by atoms with Crippen molar-refractivity contribution in [1.82, 2.24) is 15.2 Å². The molecule has 0 amide bonds. The lowest BCUT2D eigenvalue weighted by Crippen LogP contribution is -2.47. The monoisotopic (exact) mass is 489 g/mol. The van der Waals surface area contributed by atoms with Gasteiger partial charge in [0.25, 0.3) is 0 Å². The van der Waals surface area contributed by atoms with Gasteiger partial charge in [-0.05, 0) is 25.8 Å². The fraction of sp³-hybridized carbons (Fsp3) is 0.684. The summed E-state index contributed by atoms with van der Waals surface area (Å²) in [4.78, 5) is 13.7. The molecule has 0 atom stereocenters. The summed E-state index contributed by atoms with van der Waals surface area (Å²) in [6.07, 6.45) is 4.36. The molecule has 1 aromatic rings. The molecule has 2 saturated heterocycles. The molecule has 0 unspecified atom stereocenters. The minimum atomic E-state index is 0. The fourth-order valence-electron chi connectivity index (χ4n) is 3.60. The number of hydrogen-bond acceptors (Lipinski definition) is 5. The molecule has 0 spiro atoms. The molecule has 152 valence electrons. The Bertz CT molecular complexity index is 587. The van der Waals surface area contributed by atoms with Crippen molar-refractivity contribution in [2.24, 2.45) is 4.99 Å². The molecular formula is C19H32IN5O2. The first kappa shape index (κ1) is 22.2. The van der Waals surface area contributed by atoms with Crippen LogP contribution in [0.2, 0.25) is 0 Å². The van der Waals surface area contributed by atoms with E-state index in [9.17, 15) is 0 Å². The van der Waals surface area contributed by atoms with E-state index in [0.717, 1.165) is 77.2 Å². The van der Waals surface area contributed by atoms with Crippen LogP contribution in [0, 0.1) is 0 Å². The van der Waals surface area contributed by atoms with E-state index in [1.807, 2.05) is 19.3 Å². The maximum Gasteiger partial charge on any atom is 0.193 e. The van der Waals surface area contributed by atoms with Crippen molar-refractivity contribution in [2.45, 2.75) is 32.4 Å². The van der Waals surface area contributed by atoms with E-state index in [1.54, 1.807) is 0 Å². The van der Waals surface area contributed by atoms with Gasteiger partial charge in [0.05, 0.1) is 19.3 Å². The van der Waals surface area contributed by atoms with Gasteiger partial charge >= 0.3 is 0 Å². The van der Waals surface area contributed by atoms with Gasteiger partial charge in [0.15, 0.2) is 5.96 Å². The van der Waals surface area contributed by atoms with Crippen LogP contribution in [0.15, 0.2) is 23.3 Å². The van der Waals surface area contributed by atoms with Crippen LogP contribution in [0.4, 0.5) is 5.82 Å². The molecule has 27 heavy (non-hydrogen) atoms. The number of ether oxygens (including phenoxy) is 2. The average molecular weight is 489 g/mol. The maximum atomic E-state index is 5.75. The van der Waals surface area contributed by atoms with Gasteiger partial charge in [-0.1, -0.05) is 6.07 Å². The normalized spacial score (nSPS) is 19.0. The lowest BCUT2D eigenvalue weighted by molar-refractivity contribution is 0.0263. The minimum absolute atomic E-state index is 0. The lowest BCUT2D eigenvalue weighted by atomic mass is 10.1. The molecule has 2 aliphatic heterocycles. The highest BCUT2D eigenvalue weighted by Crippen LogP contribution is 2.19. The maximum absolute atomic E-state index is 5.75. The second-order valence-electron chi connectivity index (χ2n) is 6.63. The Hall–Kier alpha value is -1.13. The molecule has 1 N–H and O–H groups in total. The van der Waals surface area contributed by atoms with Gasteiger partial charge < -0.3 is 24.6 Å². The Morgan fingerprint density at radius 1 is 1.30 bits per heavy atom. The molecule has 2 aliphatic rings. The van der Waals surface area contributed by atoms with Gasteiger partial charge in [-0.3, -0.25) is 4.99 Å². The number of nitrogens with zero attached hydrogens (tertiary/aromatic N) is 4. The lowest BCUT2D eigenvalue weighted by Gasteiger charge is -2.34. The zero-order valence-electron chi connectivity index (χ0n) is 16.4. The average Bonchev–Trinajstić information content (AvgIpc) is 2.71. The van der Waals surface area contributed by atoms with Crippen LogP contribution in [0.5, 0.6) is 0 Å². The predicted molar refractivity (Wildman–Crippen MR) is 119 cm³/mol. The SMILES string of the molecule is CCOC1CCN(C(=NC)NCc2cccnc2N2CCOCC2)CC1.I. The van der Waals surface area contributed by atoms with Crippen molar-refractivity contribution < 1.29 is 9.47 Å². The molecular weight excluding hydrogens is 457 g/mol. The minimum Gasteiger partial charge on any atom is -0.378 e. The van der Waals surface area contributed by atoms with Crippen molar-refractivity contribution in [2.75, 3.05) is 57.9 Å². The zero-order chi connectivity index (χ0) is 18.2. The summed E-state index contributed by atoms with van der Waals surface area (Å²) in [5, 5.41) is 3.52. The highest BCUT2D eigenvalue weighted by molar-refractivity contribution is 14.0. The molecule has 0 aliphatic carbocycles. The van der Waals surface area contributed by atoms with Crippen LogP contribution in [0.1, 0.15) is 25.3 Å². The van der Waals surface area contributed by atoms with Gasteiger partial charge in [-0.25, -0.2) is 4.98 Å². The molecule has 3 heterocycles. The van der Waals surface area contributed by atoms with Crippen LogP contribution < -0.4 is 10.2 Å². The highest BCUT2D eigenvalue weighted by atomic mass is 127. The number of hydrogen-bond donors (Lipinski definition) is 1. The number of aromatic nitrogens is 1. The summed E-state index contributed by atoms with van der Waals surface area (Å²) in [6, 6.07) is 4.14. The topological polar surface area (TPSA) is 62.2 Å². The Morgan fingerprint density at radius 3 is 2.70 bits per heavy atom. The van der Waals surface area contributed by atoms with Crippen LogP contribution in [-0.4, -0.2) is 75.0 Å². The van der Waals surface area contributed by atoms with E-state index in [4.69, 9.17) is 9.47 Å².